The predicted octanol–water partition coefficient (Wildman–Crippen LogP) is 6.03. The number of aromatic nitrogens is 1. The van der Waals surface area contributed by atoms with Crippen molar-refractivity contribution in [1.82, 2.24) is 4.98 Å². The number of nitrogens with zero attached hydrogens (tertiary/aromatic N) is 1. The lowest BCUT2D eigenvalue weighted by Crippen LogP contribution is -2.10. The van der Waals surface area contributed by atoms with Gasteiger partial charge in [-0.05, 0) is 42.5 Å². The molecule has 2 aromatic heterocycles. The number of fused-ring (bicyclic) bond motifs is 1. The number of oxazole rings is 1. The third-order valence-corrected chi connectivity index (χ3v) is 5.45. The first kappa shape index (κ1) is 22.1. The van der Waals surface area contributed by atoms with E-state index in [0.717, 1.165) is 5.56 Å². The molecule has 8 heteroatoms. The van der Waals surface area contributed by atoms with Gasteiger partial charge in [0.05, 0.1) is 21.3 Å². The molecule has 0 spiro atoms. The van der Waals surface area contributed by atoms with Gasteiger partial charge in [0.1, 0.15) is 11.3 Å². The fourth-order valence-electron chi connectivity index (χ4n) is 3.74. The molecule has 5 rings (SSSR count). The van der Waals surface area contributed by atoms with Gasteiger partial charge in [0.25, 0.3) is 5.91 Å². The van der Waals surface area contributed by atoms with E-state index >= 15 is 0 Å². The minimum absolute atomic E-state index is 0.210. The van der Waals surface area contributed by atoms with Gasteiger partial charge >= 0.3 is 0 Å². The first-order chi connectivity index (χ1) is 17.1. The number of rotatable bonds is 7. The van der Waals surface area contributed by atoms with Gasteiger partial charge in [-0.1, -0.05) is 30.3 Å². The van der Waals surface area contributed by atoms with Crippen molar-refractivity contribution < 1.29 is 27.8 Å². The van der Waals surface area contributed by atoms with E-state index in [2.05, 4.69) is 10.3 Å². The van der Waals surface area contributed by atoms with E-state index in [1.165, 1.54) is 0 Å². The van der Waals surface area contributed by atoms with Gasteiger partial charge in [-0.25, -0.2) is 4.98 Å². The zero-order chi connectivity index (χ0) is 24.4. The average molecular weight is 470 g/mol. The molecule has 0 saturated heterocycles. The van der Waals surface area contributed by atoms with Gasteiger partial charge in [-0.2, -0.15) is 0 Å². The van der Waals surface area contributed by atoms with Crippen LogP contribution in [0.3, 0.4) is 0 Å². The number of hydrogen-bond acceptors (Lipinski definition) is 7. The normalized spacial score (nSPS) is 10.8. The van der Waals surface area contributed by atoms with Gasteiger partial charge < -0.3 is 28.4 Å². The molecule has 1 N–H and O–H groups in total. The molecule has 0 saturated carbocycles. The van der Waals surface area contributed by atoms with Crippen molar-refractivity contribution >= 4 is 22.7 Å². The number of amides is 1. The third-order valence-electron chi connectivity index (χ3n) is 5.45. The summed E-state index contributed by atoms with van der Waals surface area (Å²) in [5, 5.41) is 2.84. The standard InChI is InChI=1S/C27H22N2O6/c1-31-23-13-17(14-24(32-2)25(23)33-3)27-29-19-15-18(9-10-21(19)35-27)28-26(30)22-12-11-20(34-22)16-7-5-4-6-8-16/h4-15H,1-3H3,(H,28,30). The minimum Gasteiger partial charge on any atom is -0.493 e. The summed E-state index contributed by atoms with van der Waals surface area (Å²) >= 11 is 0. The average Bonchev–Trinajstić information content (AvgIpc) is 3.56. The summed E-state index contributed by atoms with van der Waals surface area (Å²) < 4.78 is 27.9. The van der Waals surface area contributed by atoms with E-state index in [9.17, 15) is 4.79 Å². The molecule has 0 atom stereocenters. The summed E-state index contributed by atoms with van der Waals surface area (Å²) in [4.78, 5) is 17.3. The van der Waals surface area contributed by atoms with Crippen molar-refractivity contribution in [1.29, 1.82) is 0 Å². The van der Waals surface area contributed by atoms with Crippen molar-refractivity contribution in [3.8, 4) is 40.0 Å². The van der Waals surface area contributed by atoms with Gasteiger partial charge in [-0.3, -0.25) is 4.79 Å². The van der Waals surface area contributed by atoms with Crippen molar-refractivity contribution in [2.75, 3.05) is 26.6 Å². The van der Waals surface area contributed by atoms with E-state index in [4.69, 9.17) is 23.0 Å². The Morgan fingerprint density at radius 1 is 0.800 bits per heavy atom. The van der Waals surface area contributed by atoms with Crippen LogP contribution in [0.25, 0.3) is 33.9 Å². The smallest absolute Gasteiger partial charge is 0.291 e. The van der Waals surface area contributed by atoms with E-state index in [0.29, 0.717) is 51.3 Å². The summed E-state index contributed by atoms with van der Waals surface area (Å²) in [7, 11) is 4.63. The molecule has 35 heavy (non-hydrogen) atoms. The molecule has 2 heterocycles. The Morgan fingerprint density at radius 2 is 1.54 bits per heavy atom. The minimum atomic E-state index is -0.361. The van der Waals surface area contributed by atoms with E-state index in [-0.39, 0.29) is 11.7 Å². The molecular formula is C27H22N2O6. The largest absolute Gasteiger partial charge is 0.493 e. The van der Waals surface area contributed by atoms with Crippen LogP contribution in [0.1, 0.15) is 10.6 Å². The lowest BCUT2D eigenvalue weighted by Gasteiger charge is -2.12. The highest BCUT2D eigenvalue weighted by Gasteiger charge is 2.18. The van der Waals surface area contributed by atoms with E-state index < -0.39 is 0 Å². The van der Waals surface area contributed by atoms with Crippen molar-refractivity contribution in [2.45, 2.75) is 0 Å². The number of carbonyl (C=O) groups is 1. The van der Waals surface area contributed by atoms with Crippen LogP contribution in [0.2, 0.25) is 0 Å². The lowest BCUT2D eigenvalue weighted by atomic mass is 10.2. The molecule has 0 aliphatic heterocycles. The number of ether oxygens (including phenoxy) is 3. The molecule has 0 aliphatic carbocycles. The zero-order valence-corrected chi connectivity index (χ0v) is 19.3. The number of nitrogens with one attached hydrogen (secondary N) is 1. The molecule has 176 valence electrons. The number of carbonyl (C=O) groups excluding carboxylic acids is 1. The van der Waals surface area contributed by atoms with Crippen LogP contribution in [0.5, 0.6) is 17.2 Å². The molecule has 0 aliphatic rings. The quantitative estimate of drug-likeness (QED) is 0.310. The Labute approximate surface area is 201 Å². The van der Waals surface area contributed by atoms with Crippen LogP contribution < -0.4 is 19.5 Å². The number of hydrogen-bond donors (Lipinski definition) is 1. The van der Waals surface area contributed by atoms with E-state index in [1.54, 1.807) is 63.8 Å². The number of benzene rings is 3. The summed E-state index contributed by atoms with van der Waals surface area (Å²) in [6.07, 6.45) is 0. The third kappa shape index (κ3) is 4.29. The Kier molecular flexibility index (Phi) is 5.85. The maximum absolute atomic E-state index is 12.7. The number of anilines is 1. The Morgan fingerprint density at radius 3 is 2.23 bits per heavy atom. The fourth-order valence-corrected chi connectivity index (χ4v) is 3.74. The molecule has 0 bridgehead atoms. The van der Waals surface area contributed by atoms with Crippen LogP contribution in [-0.4, -0.2) is 32.2 Å². The Balaban J connectivity index is 1.40. The highest BCUT2D eigenvalue weighted by Crippen LogP contribution is 2.41. The number of furan rings is 1. The maximum atomic E-state index is 12.7. The molecule has 1 amide bonds. The molecule has 0 fully saturated rings. The molecular weight excluding hydrogens is 448 g/mol. The van der Waals surface area contributed by atoms with Crippen molar-refractivity contribution in [2.24, 2.45) is 0 Å². The summed E-state index contributed by atoms with van der Waals surface area (Å²) in [6, 6.07) is 21.8. The van der Waals surface area contributed by atoms with Gasteiger partial charge in [0, 0.05) is 16.8 Å². The van der Waals surface area contributed by atoms with Gasteiger partial charge in [0.2, 0.25) is 11.6 Å². The molecule has 5 aromatic rings. The lowest BCUT2D eigenvalue weighted by molar-refractivity contribution is 0.0997. The molecule has 3 aromatic carbocycles. The fraction of sp³-hybridized carbons (Fsp3) is 0.111. The monoisotopic (exact) mass is 470 g/mol. The first-order valence-electron chi connectivity index (χ1n) is 10.8. The Bertz CT molecular complexity index is 1480. The topological polar surface area (TPSA) is 96.0 Å². The number of methoxy groups -OCH3 is 3. The van der Waals surface area contributed by atoms with Crippen LogP contribution >= 0.6 is 0 Å². The highest BCUT2D eigenvalue weighted by molar-refractivity contribution is 6.03. The Hall–Kier alpha value is -4.72. The second-order valence-electron chi connectivity index (χ2n) is 7.60. The van der Waals surface area contributed by atoms with Crippen LogP contribution in [0.15, 0.2) is 81.6 Å². The highest BCUT2D eigenvalue weighted by atomic mass is 16.5. The maximum Gasteiger partial charge on any atom is 0.291 e. The zero-order valence-electron chi connectivity index (χ0n) is 19.3. The summed E-state index contributed by atoms with van der Waals surface area (Å²) in [5.74, 6) is 2.31. The van der Waals surface area contributed by atoms with Crippen LogP contribution in [0, 0.1) is 0 Å². The second-order valence-corrected chi connectivity index (χ2v) is 7.60. The van der Waals surface area contributed by atoms with Crippen LogP contribution in [-0.2, 0) is 0 Å². The predicted molar refractivity (Wildman–Crippen MR) is 131 cm³/mol. The molecule has 0 unspecified atom stereocenters. The summed E-state index contributed by atoms with van der Waals surface area (Å²) in [6.45, 7) is 0. The SMILES string of the molecule is COc1cc(-c2nc3cc(NC(=O)c4ccc(-c5ccccc5)o4)ccc3o2)cc(OC)c1OC. The van der Waals surface area contributed by atoms with E-state index in [1.807, 2.05) is 30.3 Å². The molecule has 8 nitrogen and oxygen atoms in total. The molecule has 0 radical (unpaired) electrons. The van der Waals surface area contributed by atoms with Crippen LogP contribution in [0.4, 0.5) is 5.69 Å². The van der Waals surface area contributed by atoms with Gasteiger partial charge in [-0.15, -0.1) is 0 Å². The summed E-state index contributed by atoms with van der Waals surface area (Å²) in [5.41, 5.74) is 3.26. The second kappa shape index (κ2) is 9.26. The van der Waals surface area contributed by atoms with Crippen molar-refractivity contribution in [3.63, 3.8) is 0 Å². The van der Waals surface area contributed by atoms with Crippen molar-refractivity contribution in [3.05, 3.63) is 78.6 Å². The first-order valence-corrected chi connectivity index (χ1v) is 10.8. The van der Waals surface area contributed by atoms with Gasteiger partial charge in [0.15, 0.2) is 22.8 Å².